The fraction of sp³-hybridized carbons (Fsp3) is 0.435. The van der Waals surface area contributed by atoms with Crippen LogP contribution < -0.4 is 9.64 Å². The highest BCUT2D eigenvalue weighted by Gasteiger charge is 2.56. The van der Waals surface area contributed by atoms with E-state index in [2.05, 4.69) is 33.9 Å². The molecule has 3 atom stereocenters. The van der Waals surface area contributed by atoms with Crippen LogP contribution >= 0.6 is 0 Å². The predicted molar refractivity (Wildman–Crippen MR) is 119 cm³/mol. The van der Waals surface area contributed by atoms with Gasteiger partial charge in [0.2, 0.25) is 0 Å². The van der Waals surface area contributed by atoms with Crippen LogP contribution in [0, 0.1) is 17.8 Å². The minimum absolute atomic E-state index is 0.217. The van der Waals surface area contributed by atoms with Gasteiger partial charge in [-0.2, -0.15) is 4.98 Å². The highest BCUT2D eigenvalue weighted by molar-refractivity contribution is 7.90. The summed E-state index contributed by atoms with van der Waals surface area (Å²) in [5, 5.41) is 4.06. The molecule has 1 saturated heterocycles. The Morgan fingerprint density at radius 2 is 1.84 bits per heavy atom. The molecule has 2 aromatic heterocycles. The number of pyridine rings is 1. The van der Waals surface area contributed by atoms with Crippen molar-refractivity contribution in [2.45, 2.75) is 24.7 Å². The van der Waals surface area contributed by atoms with E-state index < -0.39 is 9.84 Å². The van der Waals surface area contributed by atoms with E-state index in [0.717, 1.165) is 35.9 Å². The van der Waals surface area contributed by atoms with Gasteiger partial charge in [-0.3, -0.25) is 4.98 Å². The fourth-order valence-corrected chi connectivity index (χ4v) is 4.89. The summed E-state index contributed by atoms with van der Waals surface area (Å²) < 4.78 is 34.6. The maximum Gasteiger partial charge on any atom is 0.324 e. The molecule has 0 amide bonds. The normalized spacial score (nSPS) is 22.2. The summed E-state index contributed by atoms with van der Waals surface area (Å²) in [5.74, 6) is 3.62. The maximum absolute atomic E-state index is 11.6. The van der Waals surface area contributed by atoms with E-state index >= 15 is 0 Å². The third-order valence-electron chi connectivity index (χ3n) is 6.35. The highest BCUT2D eigenvalue weighted by atomic mass is 32.2. The lowest BCUT2D eigenvalue weighted by atomic mass is 10.1. The Morgan fingerprint density at radius 1 is 1.12 bits per heavy atom. The third-order valence-corrected chi connectivity index (χ3v) is 7.44. The zero-order valence-corrected chi connectivity index (χ0v) is 19.1. The van der Waals surface area contributed by atoms with Gasteiger partial charge in [0.25, 0.3) is 0 Å². The van der Waals surface area contributed by atoms with Crippen molar-refractivity contribution in [2.75, 3.05) is 30.9 Å². The van der Waals surface area contributed by atoms with Crippen molar-refractivity contribution in [3.8, 4) is 17.0 Å². The van der Waals surface area contributed by atoms with Crippen LogP contribution in [0.2, 0.25) is 0 Å². The summed E-state index contributed by atoms with van der Waals surface area (Å²) in [5.41, 5.74) is 1.64. The summed E-state index contributed by atoms with van der Waals surface area (Å²) in [7, 11) is -3.24. The molecule has 1 aliphatic heterocycles. The highest BCUT2D eigenvalue weighted by Crippen LogP contribution is 2.52. The van der Waals surface area contributed by atoms with Crippen molar-refractivity contribution in [1.82, 2.24) is 15.1 Å². The predicted octanol–water partition coefficient (Wildman–Crippen LogP) is 3.42. The molecule has 1 aromatic carbocycles. The smallest absolute Gasteiger partial charge is 0.324 e. The number of ether oxygens (including phenoxy) is 1. The molecular weight excluding hydrogens is 428 g/mol. The number of hydrogen-bond donors (Lipinski definition) is 0. The minimum Gasteiger partial charge on any atom is -0.493 e. The van der Waals surface area contributed by atoms with Crippen molar-refractivity contribution in [1.29, 1.82) is 0 Å². The molecule has 2 fully saturated rings. The zero-order valence-electron chi connectivity index (χ0n) is 18.3. The number of rotatable bonds is 7. The van der Waals surface area contributed by atoms with E-state index in [9.17, 15) is 8.42 Å². The van der Waals surface area contributed by atoms with E-state index in [1.165, 1.54) is 12.5 Å². The first kappa shape index (κ1) is 20.9. The fourth-order valence-electron chi connectivity index (χ4n) is 4.33. The van der Waals surface area contributed by atoms with Crippen molar-refractivity contribution < 1.29 is 17.7 Å². The zero-order chi connectivity index (χ0) is 22.5. The molecule has 3 aromatic rings. The van der Waals surface area contributed by atoms with E-state index in [0.29, 0.717) is 30.4 Å². The van der Waals surface area contributed by atoms with Gasteiger partial charge >= 0.3 is 6.01 Å². The topological polar surface area (TPSA) is 98.4 Å². The van der Waals surface area contributed by atoms with Crippen LogP contribution in [0.1, 0.15) is 25.6 Å². The van der Waals surface area contributed by atoms with Gasteiger partial charge in [-0.25, -0.2) is 8.42 Å². The third kappa shape index (κ3) is 4.09. The van der Waals surface area contributed by atoms with Crippen LogP contribution in [-0.2, 0) is 9.84 Å². The van der Waals surface area contributed by atoms with Gasteiger partial charge in [0.1, 0.15) is 5.75 Å². The van der Waals surface area contributed by atoms with Crippen molar-refractivity contribution in [3.63, 3.8) is 0 Å². The first-order valence-corrected chi connectivity index (χ1v) is 12.7. The molecule has 0 radical (unpaired) electrons. The quantitative estimate of drug-likeness (QED) is 0.536. The number of nitrogens with zero attached hydrogens (tertiary/aromatic N) is 4. The molecule has 0 spiro atoms. The Labute approximate surface area is 187 Å². The van der Waals surface area contributed by atoms with Gasteiger partial charge in [0.15, 0.2) is 15.7 Å². The summed E-state index contributed by atoms with van der Waals surface area (Å²) in [4.78, 5) is 11.2. The lowest BCUT2D eigenvalue weighted by molar-refractivity contribution is 0.282. The van der Waals surface area contributed by atoms with Gasteiger partial charge in [0, 0.05) is 42.9 Å². The lowest BCUT2D eigenvalue weighted by Gasteiger charge is -2.17. The van der Waals surface area contributed by atoms with Crippen LogP contribution in [0.3, 0.4) is 0 Å². The van der Waals surface area contributed by atoms with Gasteiger partial charge in [-0.05, 0) is 48.2 Å². The lowest BCUT2D eigenvalue weighted by Crippen LogP contribution is -2.25. The van der Waals surface area contributed by atoms with Gasteiger partial charge in [-0.1, -0.05) is 19.0 Å². The van der Waals surface area contributed by atoms with Gasteiger partial charge < -0.3 is 14.2 Å². The maximum atomic E-state index is 11.6. The molecule has 0 bridgehead atoms. The Bertz CT molecular complexity index is 1190. The number of benzene rings is 1. The summed E-state index contributed by atoms with van der Waals surface area (Å²) in [6.45, 7) is 6.69. The SMILES string of the molecule is CC(C)c1noc(N2CC3C(COc4ccc(-c5ccc(S(C)(=O)=O)cn5)cc4)[C@@H]3C2)n1. The molecule has 2 unspecified atom stereocenters. The van der Waals surface area contributed by atoms with Crippen LogP contribution in [-0.4, -0.2) is 49.5 Å². The molecule has 1 aliphatic carbocycles. The molecule has 9 heteroatoms. The minimum atomic E-state index is -3.24. The van der Waals surface area contributed by atoms with E-state index in [-0.39, 0.29) is 10.8 Å². The molecule has 5 rings (SSSR count). The second-order valence-electron chi connectivity index (χ2n) is 8.97. The number of fused-ring (bicyclic) bond motifs is 1. The standard InChI is InChI=1S/C23H26N4O4S/c1-14(2)22-25-23(31-26-22)27-11-18-19(12-27)20(18)13-30-16-6-4-15(5-7-16)21-9-8-17(10-24-21)32(3,28)29/h4-10,14,18-20H,11-13H2,1-3H3/t18-,19?,20?/m1/s1. The Morgan fingerprint density at radius 3 is 2.41 bits per heavy atom. The van der Waals surface area contributed by atoms with Crippen LogP contribution in [0.25, 0.3) is 11.3 Å². The molecule has 168 valence electrons. The average molecular weight is 455 g/mol. The van der Waals surface area contributed by atoms with Crippen LogP contribution in [0.5, 0.6) is 5.75 Å². The molecule has 2 aliphatic rings. The Balaban J connectivity index is 1.13. The Hall–Kier alpha value is -2.94. The molecule has 3 heterocycles. The number of sulfone groups is 1. The molecule has 1 saturated carbocycles. The summed E-state index contributed by atoms with van der Waals surface area (Å²) >= 11 is 0. The van der Waals surface area contributed by atoms with Crippen molar-refractivity contribution in [3.05, 3.63) is 48.4 Å². The number of aromatic nitrogens is 3. The average Bonchev–Trinajstić information content (AvgIpc) is 3.16. The number of piperidine rings is 1. The number of anilines is 1. The first-order valence-electron chi connectivity index (χ1n) is 10.8. The van der Waals surface area contributed by atoms with Crippen LogP contribution in [0.15, 0.2) is 52.0 Å². The van der Waals surface area contributed by atoms with Gasteiger partial charge in [-0.15, -0.1) is 0 Å². The van der Waals surface area contributed by atoms with E-state index in [1.54, 1.807) is 12.1 Å². The molecule has 0 N–H and O–H groups in total. The van der Waals surface area contributed by atoms with Crippen molar-refractivity contribution >= 4 is 15.9 Å². The second kappa shape index (κ2) is 7.88. The summed E-state index contributed by atoms with van der Waals surface area (Å²) in [6, 6.07) is 11.7. The van der Waals surface area contributed by atoms with Crippen LogP contribution in [0.4, 0.5) is 6.01 Å². The molecular formula is C23H26N4O4S. The second-order valence-corrected chi connectivity index (χ2v) is 11.0. The molecule has 8 nitrogen and oxygen atoms in total. The molecule has 32 heavy (non-hydrogen) atoms. The Kier molecular flexibility index (Phi) is 5.16. The van der Waals surface area contributed by atoms with E-state index in [4.69, 9.17) is 9.26 Å². The largest absolute Gasteiger partial charge is 0.493 e. The van der Waals surface area contributed by atoms with E-state index in [1.807, 2.05) is 24.3 Å². The van der Waals surface area contributed by atoms with Gasteiger partial charge in [0.05, 0.1) is 17.2 Å². The number of hydrogen-bond acceptors (Lipinski definition) is 8. The first-order chi connectivity index (χ1) is 15.3. The monoisotopic (exact) mass is 454 g/mol. The van der Waals surface area contributed by atoms with Crippen molar-refractivity contribution in [2.24, 2.45) is 17.8 Å². The summed E-state index contributed by atoms with van der Waals surface area (Å²) in [6.07, 6.45) is 2.57.